The molecule has 1 aromatic carbocycles. The normalized spacial score (nSPS) is 14.2. The molecule has 0 bridgehead atoms. The molecule has 2 unspecified atom stereocenters. The summed E-state index contributed by atoms with van der Waals surface area (Å²) in [6.07, 6.45) is 1.21. The summed E-state index contributed by atoms with van der Waals surface area (Å²) in [5.74, 6) is -0.235. The third-order valence-electron chi connectivity index (χ3n) is 3.48. The molecule has 23 heavy (non-hydrogen) atoms. The third kappa shape index (κ3) is 7.46. The Morgan fingerprint density at radius 3 is 2.48 bits per heavy atom. The maximum Gasteiger partial charge on any atom is 0.407 e. The van der Waals surface area contributed by atoms with Crippen LogP contribution in [-0.2, 0) is 4.74 Å². The monoisotopic (exact) mass is 324 g/mol. The van der Waals surface area contributed by atoms with Gasteiger partial charge in [0.2, 0.25) is 0 Å². The average molecular weight is 324 g/mol. The summed E-state index contributed by atoms with van der Waals surface area (Å²) in [6.45, 7) is 10.2. The smallest absolute Gasteiger partial charge is 0.407 e. The van der Waals surface area contributed by atoms with Gasteiger partial charge < -0.3 is 15.4 Å². The lowest BCUT2D eigenvalue weighted by Crippen LogP contribution is -2.44. The van der Waals surface area contributed by atoms with Gasteiger partial charge in [-0.15, -0.1) is 0 Å². The van der Waals surface area contributed by atoms with Crippen LogP contribution in [0.2, 0.25) is 0 Å². The van der Waals surface area contributed by atoms with Crippen LogP contribution in [0.15, 0.2) is 24.3 Å². The molecule has 1 aromatic rings. The Labute approximate surface area is 138 Å². The van der Waals surface area contributed by atoms with Crippen LogP contribution in [0.5, 0.6) is 0 Å². The fourth-order valence-corrected chi connectivity index (χ4v) is 2.28. The zero-order chi connectivity index (χ0) is 17.5. The lowest BCUT2D eigenvalue weighted by atomic mass is 10.0. The van der Waals surface area contributed by atoms with Gasteiger partial charge in [0, 0.05) is 18.6 Å². The molecule has 0 aliphatic heterocycles. The second kappa shape index (κ2) is 8.87. The van der Waals surface area contributed by atoms with E-state index in [1.54, 1.807) is 12.1 Å². The van der Waals surface area contributed by atoms with Crippen molar-refractivity contribution in [2.75, 3.05) is 6.54 Å². The first-order valence-electron chi connectivity index (χ1n) is 8.23. The van der Waals surface area contributed by atoms with Crippen molar-refractivity contribution in [1.82, 2.24) is 10.6 Å². The van der Waals surface area contributed by atoms with Gasteiger partial charge in [0.05, 0.1) is 0 Å². The van der Waals surface area contributed by atoms with Crippen LogP contribution in [0.3, 0.4) is 0 Å². The van der Waals surface area contributed by atoms with Gasteiger partial charge in [-0.25, -0.2) is 9.18 Å². The molecule has 4 nitrogen and oxygen atoms in total. The first-order valence-corrected chi connectivity index (χ1v) is 8.23. The van der Waals surface area contributed by atoms with Gasteiger partial charge in [0.15, 0.2) is 0 Å². The highest BCUT2D eigenvalue weighted by atomic mass is 19.1. The second-order valence-electron chi connectivity index (χ2n) is 6.68. The number of carbonyl (C=O) groups is 1. The summed E-state index contributed by atoms with van der Waals surface area (Å²) in [5.41, 5.74) is 0.406. The first-order chi connectivity index (χ1) is 10.7. The lowest BCUT2D eigenvalue weighted by Gasteiger charge is -2.25. The number of hydrogen-bond acceptors (Lipinski definition) is 3. The predicted octanol–water partition coefficient (Wildman–Crippen LogP) is 4.17. The Morgan fingerprint density at radius 1 is 1.26 bits per heavy atom. The Morgan fingerprint density at radius 2 is 1.96 bits per heavy atom. The molecule has 130 valence electrons. The van der Waals surface area contributed by atoms with Crippen molar-refractivity contribution in [1.29, 1.82) is 0 Å². The summed E-state index contributed by atoms with van der Waals surface area (Å²) in [7, 11) is 0. The number of benzene rings is 1. The molecule has 0 saturated heterocycles. The van der Waals surface area contributed by atoms with Crippen LogP contribution in [0, 0.1) is 5.82 Å². The molecule has 0 saturated carbocycles. The Kier molecular flexibility index (Phi) is 7.49. The lowest BCUT2D eigenvalue weighted by molar-refractivity contribution is 0.0502. The molecular weight excluding hydrogens is 295 g/mol. The van der Waals surface area contributed by atoms with Crippen LogP contribution >= 0.6 is 0 Å². The van der Waals surface area contributed by atoms with E-state index in [9.17, 15) is 9.18 Å². The minimum Gasteiger partial charge on any atom is -0.444 e. The van der Waals surface area contributed by atoms with E-state index in [0.29, 0.717) is 6.54 Å². The van der Waals surface area contributed by atoms with Crippen molar-refractivity contribution in [3.63, 3.8) is 0 Å². The number of halogens is 1. The Hall–Kier alpha value is -1.62. The third-order valence-corrected chi connectivity index (χ3v) is 3.48. The number of ether oxygens (including phenoxy) is 1. The second-order valence-corrected chi connectivity index (χ2v) is 6.68. The number of hydrogen-bond donors (Lipinski definition) is 2. The SMILES string of the molecule is CCC(CNC(CC)c1cccc(F)c1)NC(=O)OC(C)(C)C. The number of alkyl carbamates (subject to hydrolysis) is 1. The number of nitrogens with one attached hydrogen (secondary N) is 2. The number of amides is 1. The van der Waals surface area contributed by atoms with E-state index in [4.69, 9.17) is 4.74 Å². The van der Waals surface area contributed by atoms with Crippen molar-refractivity contribution in [2.45, 2.75) is 65.1 Å². The molecule has 0 fully saturated rings. The van der Waals surface area contributed by atoms with Crippen LogP contribution in [0.4, 0.5) is 9.18 Å². The molecule has 0 radical (unpaired) electrons. The van der Waals surface area contributed by atoms with E-state index >= 15 is 0 Å². The molecule has 2 atom stereocenters. The first kappa shape index (κ1) is 19.4. The minimum atomic E-state index is -0.511. The highest BCUT2D eigenvalue weighted by molar-refractivity contribution is 5.68. The largest absolute Gasteiger partial charge is 0.444 e. The molecule has 0 aliphatic carbocycles. The van der Waals surface area contributed by atoms with Gasteiger partial charge >= 0.3 is 6.09 Å². The van der Waals surface area contributed by atoms with Crippen LogP contribution < -0.4 is 10.6 Å². The maximum atomic E-state index is 13.4. The van der Waals surface area contributed by atoms with Gasteiger partial charge in [0.25, 0.3) is 0 Å². The summed E-state index contributed by atoms with van der Waals surface area (Å²) >= 11 is 0. The molecule has 0 aliphatic rings. The van der Waals surface area contributed by atoms with Crippen LogP contribution in [0.1, 0.15) is 59.1 Å². The molecule has 0 aromatic heterocycles. The van der Waals surface area contributed by atoms with Crippen molar-refractivity contribution < 1.29 is 13.9 Å². The van der Waals surface area contributed by atoms with Crippen molar-refractivity contribution in [2.24, 2.45) is 0 Å². The van der Waals surface area contributed by atoms with Crippen LogP contribution in [0.25, 0.3) is 0 Å². The molecule has 5 heteroatoms. The zero-order valence-corrected chi connectivity index (χ0v) is 14.8. The van der Waals surface area contributed by atoms with Gasteiger partial charge in [-0.1, -0.05) is 26.0 Å². The highest BCUT2D eigenvalue weighted by Gasteiger charge is 2.19. The number of rotatable bonds is 7. The van der Waals surface area contributed by atoms with E-state index in [2.05, 4.69) is 10.6 Å². The highest BCUT2D eigenvalue weighted by Crippen LogP contribution is 2.17. The van der Waals surface area contributed by atoms with Gasteiger partial charge in [0.1, 0.15) is 11.4 Å². The van der Waals surface area contributed by atoms with Crippen molar-refractivity contribution >= 4 is 6.09 Å². The zero-order valence-electron chi connectivity index (χ0n) is 14.8. The predicted molar refractivity (Wildman–Crippen MR) is 90.9 cm³/mol. The van der Waals surface area contributed by atoms with Gasteiger partial charge in [-0.3, -0.25) is 0 Å². The molecule has 0 heterocycles. The summed E-state index contributed by atoms with van der Waals surface area (Å²) in [4.78, 5) is 11.8. The number of carbonyl (C=O) groups excluding carboxylic acids is 1. The molecule has 2 N–H and O–H groups in total. The summed E-state index contributed by atoms with van der Waals surface area (Å²) < 4.78 is 18.6. The molecule has 1 rings (SSSR count). The summed E-state index contributed by atoms with van der Waals surface area (Å²) in [5, 5.41) is 6.26. The quantitative estimate of drug-likeness (QED) is 0.791. The van der Waals surface area contributed by atoms with E-state index in [-0.39, 0.29) is 17.9 Å². The van der Waals surface area contributed by atoms with Gasteiger partial charge in [-0.2, -0.15) is 0 Å². The fraction of sp³-hybridized carbons (Fsp3) is 0.611. The van der Waals surface area contributed by atoms with Crippen LogP contribution in [-0.4, -0.2) is 24.3 Å². The Bertz CT molecular complexity index is 500. The molecule has 0 spiro atoms. The molecule has 1 amide bonds. The topological polar surface area (TPSA) is 50.4 Å². The minimum absolute atomic E-state index is 0.0348. The summed E-state index contributed by atoms with van der Waals surface area (Å²) in [6, 6.07) is 6.63. The Balaban J connectivity index is 2.56. The van der Waals surface area contributed by atoms with E-state index < -0.39 is 11.7 Å². The standard InChI is InChI=1S/C18H29FN2O2/c1-6-15(21-17(22)23-18(3,4)5)12-20-16(7-2)13-9-8-10-14(19)11-13/h8-11,15-16,20H,6-7,12H2,1-5H3,(H,21,22). The van der Waals surface area contributed by atoms with Gasteiger partial charge in [-0.05, 0) is 51.3 Å². The van der Waals surface area contributed by atoms with E-state index in [1.807, 2.05) is 40.7 Å². The van der Waals surface area contributed by atoms with Crippen molar-refractivity contribution in [3.8, 4) is 0 Å². The van der Waals surface area contributed by atoms with E-state index in [1.165, 1.54) is 6.07 Å². The maximum absolute atomic E-state index is 13.4. The average Bonchev–Trinajstić information content (AvgIpc) is 2.44. The molecular formula is C18H29FN2O2. The fourth-order valence-electron chi connectivity index (χ4n) is 2.28. The van der Waals surface area contributed by atoms with Crippen molar-refractivity contribution in [3.05, 3.63) is 35.6 Å². The van der Waals surface area contributed by atoms with E-state index in [0.717, 1.165) is 18.4 Å².